The van der Waals surface area contributed by atoms with Gasteiger partial charge >= 0.3 is 0 Å². The van der Waals surface area contributed by atoms with Gasteiger partial charge in [0.25, 0.3) is 0 Å². The Balaban J connectivity index is 1.88. The molecule has 1 aromatic rings. The summed E-state index contributed by atoms with van der Waals surface area (Å²) in [5.74, 6) is 0.678. The van der Waals surface area contributed by atoms with Gasteiger partial charge in [0, 0.05) is 6.04 Å². The predicted octanol–water partition coefficient (Wildman–Crippen LogP) is 0.999. The Labute approximate surface area is 111 Å². The second-order valence-corrected chi connectivity index (χ2v) is 6.67. The molecule has 0 unspecified atom stereocenters. The monoisotopic (exact) mass is 290 g/mol. The lowest BCUT2D eigenvalue weighted by molar-refractivity contribution is 0.557. The molecule has 0 aliphatic heterocycles. The van der Waals surface area contributed by atoms with Crippen LogP contribution in [0.15, 0.2) is 12.4 Å². The molecule has 1 heterocycles. The lowest BCUT2D eigenvalue weighted by atomic mass is 10.1. The summed E-state index contributed by atoms with van der Waals surface area (Å²) in [6.07, 6.45) is 5.55. The number of nitrogens with one attached hydrogen (secondary N) is 1. The van der Waals surface area contributed by atoms with Crippen molar-refractivity contribution in [3.8, 4) is 0 Å². The van der Waals surface area contributed by atoms with E-state index in [4.69, 9.17) is 16.7 Å². The van der Waals surface area contributed by atoms with E-state index in [1.54, 1.807) is 0 Å². The van der Waals surface area contributed by atoms with E-state index in [-0.39, 0.29) is 17.7 Å². The Bertz CT molecular complexity index is 505. The van der Waals surface area contributed by atoms with E-state index in [9.17, 15) is 8.42 Å². The summed E-state index contributed by atoms with van der Waals surface area (Å²) >= 11 is 5.69. The molecule has 0 bridgehead atoms. The minimum absolute atomic E-state index is 0.0483. The number of hydrogen-bond acceptors (Lipinski definition) is 5. The first-order chi connectivity index (χ1) is 8.42. The summed E-state index contributed by atoms with van der Waals surface area (Å²) < 4.78 is 22.0. The average Bonchev–Trinajstić information content (AvgIpc) is 2.66. The van der Waals surface area contributed by atoms with Gasteiger partial charge in [-0.3, -0.25) is 0 Å². The number of sulfonamides is 1. The number of nitrogens with zero attached hydrogens (tertiary/aromatic N) is 2. The molecular weight excluding hydrogens is 276 g/mol. The van der Waals surface area contributed by atoms with Gasteiger partial charge in [-0.1, -0.05) is 11.6 Å². The Hall–Kier alpha value is -0.920. The minimum Gasteiger partial charge on any atom is -0.351 e. The third kappa shape index (κ3) is 4.08. The second kappa shape index (κ2) is 5.38. The number of halogens is 1. The smallest absolute Gasteiger partial charge is 0.222 e. The molecule has 8 heteroatoms. The number of anilines is 1. The average molecular weight is 291 g/mol. The molecule has 0 saturated heterocycles. The van der Waals surface area contributed by atoms with Gasteiger partial charge in [-0.2, -0.15) is 0 Å². The number of nitrogens with two attached hydrogens (primary N) is 1. The van der Waals surface area contributed by atoms with Gasteiger partial charge in [-0.15, -0.1) is 0 Å². The Morgan fingerprint density at radius 2 is 2.06 bits per heavy atom. The van der Waals surface area contributed by atoms with Gasteiger partial charge in [-0.05, 0) is 25.2 Å². The summed E-state index contributed by atoms with van der Waals surface area (Å²) in [6, 6.07) is 0.193. The highest BCUT2D eigenvalue weighted by Gasteiger charge is 2.27. The second-order valence-electron chi connectivity index (χ2n) is 4.57. The molecule has 1 aliphatic carbocycles. The first-order valence-electron chi connectivity index (χ1n) is 5.67. The van der Waals surface area contributed by atoms with Crippen LogP contribution in [0.5, 0.6) is 0 Å². The molecule has 6 nitrogen and oxygen atoms in total. The first kappa shape index (κ1) is 13.5. The van der Waals surface area contributed by atoms with Crippen molar-refractivity contribution in [3.63, 3.8) is 0 Å². The van der Waals surface area contributed by atoms with Crippen LogP contribution in [0.2, 0.25) is 5.02 Å². The molecule has 2 rings (SSSR count). The van der Waals surface area contributed by atoms with E-state index in [0.717, 1.165) is 19.3 Å². The molecule has 18 heavy (non-hydrogen) atoms. The van der Waals surface area contributed by atoms with Crippen LogP contribution >= 0.6 is 11.6 Å². The van der Waals surface area contributed by atoms with Crippen LogP contribution < -0.4 is 10.5 Å². The minimum atomic E-state index is -3.39. The normalized spacial score (nSPS) is 24.1. The van der Waals surface area contributed by atoms with Gasteiger partial charge in [-0.25, -0.2) is 23.5 Å². The van der Waals surface area contributed by atoms with Crippen LogP contribution in [-0.4, -0.2) is 30.2 Å². The van der Waals surface area contributed by atoms with E-state index in [2.05, 4.69) is 15.3 Å². The molecule has 0 spiro atoms. The van der Waals surface area contributed by atoms with Gasteiger partial charge in [0.1, 0.15) is 0 Å². The van der Waals surface area contributed by atoms with Crippen LogP contribution in [0.1, 0.15) is 19.3 Å². The number of aromatic nitrogens is 2. The fraction of sp³-hybridized carbons (Fsp3) is 0.600. The Morgan fingerprint density at radius 1 is 1.39 bits per heavy atom. The van der Waals surface area contributed by atoms with Gasteiger partial charge in [0.05, 0.1) is 23.2 Å². The standard InChI is InChI=1S/C10H15ClN4O2S/c11-8-4-13-10(14-5-8)15-9-2-1-7(3-9)6-18(12,16)17/h4-5,7,9H,1-3,6H2,(H2,12,16,17)(H,13,14,15)/t7-,9+/m1/s1. The largest absolute Gasteiger partial charge is 0.351 e. The van der Waals surface area contributed by atoms with Crippen LogP contribution in [0, 0.1) is 5.92 Å². The predicted molar refractivity (Wildman–Crippen MR) is 69.8 cm³/mol. The third-order valence-electron chi connectivity index (χ3n) is 2.96. The van der Waals surface area contributed by atoms with Gasteiger partial charge in [0.15, 0.2) is 0 Å². The quantitative estimate of drug-likeness (QED) is 0.862. The topological polar surface area (TPSA) is 98.0 Å². The van der Waals surface area contributed by atoms with Crippen molar-refractivity contribution in [2.24, 2.45) is 11.1 Å². The van der Waals surface area contributed by atoms with Crippen LogP contribution in [0.25, 0.3) is 0 Å². The third-order valence-corrected chi connectivity index (χ3v) is 4.09. The summed E-state index contributed by atoms with van der Waals surface area (Å²) in [5, 5.41) is 8.69. The van der Waals surface area contributed by atoms with E-state index in [0.29, 0.717) is 11.0 Å². The van der Waals surface area contributed by atoms with Crippen molar-refractivity contribution in [2.75, 3.05) is 11.1 Å². The maximum atomic E-state index is 11.0. The molecular formula is C10H15ClN4O2S. The fourth-order valence-electron chi connectivity index (χ4n) is 2.26. The van der Waals surface area contributed by atoms with Crippen LogP contribution in [0.3, 0.4) is 0 Å². The summed E-state index contributed by atoms with van der Waals surface area (Å²) in [5.41, 5.74) is 0. The number of hydrogen-bond donors (Lipinski definition) is 2. The van der Waals surface area contributed by atoms with Gasteiger partial charge < -0.3 is 5.32 Å². The molecule has 1 aliphatic rings. The lowest BCUT2D eigenvalue weighted by Crippen LogP contribution is -2.23. The molecule has 1 fully saturated rings. The van der Waals surface area contributed by atoms with Crippen LogP contribution in [-0.2, 0) is 10.0 Å². The Morgan fingerprint density at radius 3 is 2.67 bits per heavy atom. The van der Waals surface area contributed by atoms with Crippen molar-refractivity contribution < 1.29 is 8.42 Å². The zero-order valence-electron chi connectivity index (χ0n) is 9.71. The summed E-state index contributed by atoms with van der Waals surface area (Å²) in [7, 11) is -3.39. The first-order valence-corrected chi connectivity index (χ1v) is 7.76. The Kier molecular flexibility index (Phi) is 4.04. The highest BCUT2D eigenvalue weighted by Crippen LogP contribution is 2.28. The maximum absolute atomic E-state index is 11.0. The molecule has 3 N–H and O–H groups in total. The molecule has 1 aromatic heterocycles. The van der Waals surface area contributed by atoms with Crippen molar-refractivity contribution >= 4 is 27.6 Å². The van der Waals surface area contributed by atoms with E-state index in [1.807, 2.05) is 0 Å². The zero-order chi connectivity index (χ0) is 13.2. The van der Waals surface area contributed by atoms with Crippen LogP contribution in [0.4, 0.5) is 5.95 Å². The highest BCUT2D eigenvalue weighted by molar-refractivity contribution is 7.89. The van der Waals surface area contributed by atoms with Crippen molar-refractivity contribution in [1.82, 2.24) is 9.97 Å². The van der Waals surface area contributed by atoms with Crippen molar-refractivity contribution in [3.05, 3.63) is 17.4 Å². The molecule has 0 aromatic carbocycles. The summed E-state index contributed by atoms with van der Waals surface area (Å²) in [4.78, 5) is 8.09. The lowest BCUT2D eigenvalue weighted by Gasteiger charge is -2.12. The van der Waals surface area contributed by atoms with E-state index < -0.39 is 10.0 Å². The maximum Gasteiger partial charge on any atom is 0.222 e. The van der Waals surface area contributed by atoms with Crippen molar-refractivity contribution in [2.45, 2.75) is 25.3 Å². The fourth-order valence-corrected chi connectivity index (χ4v) is 3.31. The molecule has 0 radical (unpaired) electrons. The molecule has 1 saturated carbocycles. The summed E-state index contributed by atoms with van der Waals surface area (Å²) in [6.45, 7) is 0. The van der Waals surface area contributed by atoms with E-state index in [1.165, 1.54) is 12.4 Å². The molecule has 2 atom stereocenters. The van der Waals surface area contributed by atoms with Crippen molar-refractivity contribution in [1.29, 1.82) is 0 Å². The highest BCUT2D eigenvalue weighted by atomic mass is 35.5. The molecule has 0 amide bonds. The number of rotatable bonds is 4. The van der Waals surface area contributed by atoms with E-state index >= 15 is 0 Å². The number of primary sulfonamides is 1. The molecule has 100 valence electrons. The zero-order valence-corrected chi connectivity index (χ0v) is 11.3. The van der Waals surface area contributed by atoms with Gasteiger partial charge in [0.2, 0.25) is 16.0 Å². The SMILES string of the molecule is NS(=O)(=O)C[C@@H]1CC[C@H](Nc2ncc(Cl)cn2)C1.